The Kier molecular flexibility index (Phi) is 4.55. The van der Waals surface area contributed by atoms with Crippen LogP contribution in [0.4, 0.5) is 5.69 Å². The first-order valence-corrected chi connectivity index (χ1v) is 13.0. The number of hydrogen-bond acceptors (Lipinski definition) is 2. The molecule has 3 aromatic heterocycles. The second-order valence-electron chi connectivity index (χ2n) is 9.72. The Morgan fingerprint density at radius 1 is 0.605 bits per heavy atom. The molecular formula is C34H24N4. The van der Waals surface area contributed by atoms with E-state index in [1.165, 1.54) is 38.8 Å². The maximum Gasteiger partial charge on any atom is 0.0963 e. The predicted molar refractivity (Wildman–Crippen MR) is 158 cm³/mol. The lowest BCUT2D eigenvalue weighted by molar-refractivity contribution is 1.10. The minimum absolute atomic E-state index is 0.853. The summed E-state index contributed by atoms with van der Waals surface area (Å²) in [5, 5.41) is 6.00. The summed E-state index contributed by atoms with van der Waals surface area (Å²) in [5.41, 5.74) is 11.6. The molecule has 0 saturated carbocycles. The molecule has 38 heavy (non-hydrogen) atoms. The SMILES string of the molecule is C1=Cc2c(c3ccccc3n2-c2cccc(-c3cccc(-n4c5ccccc5c5ncccc54)c3)c2)NC1. The van der Waals surface area contributed by atoms with Crippen molar-refractivity contribution in [1.82, 2.24) is 14.1 Å². The van der Waals surface area contributed by atoms with Gasteiger partial charge in [0.15, 0.2) is 0 Å². The van der Waals surface area contributed by atoms with Crippen molar-refractivity contribution in [2.45, 2.75) is 0 Å². The van der Waals surface area contributed by atoms with Gasteiger partial charge in [-0.25, -0.2) is 0 Å². The van der Waals surface area contributed by atoms with E-state index in [0.29, 0.717) is 0 Å². The van der Waals surface area contributed by atoms with E-state index in [-0.39, 0.29) is 0 Å². The maximum absolute atomic E-state index is 4.70. The van der Waals surface area contributed by atoms with E-state index >= 15 is 0 Å². The zero-order chi connectivity index (χ0) is 25.1. The molecular weight excluding hydrogens is 464 g/mol. The molecule has 8 rings (SSSR count). The molecule has 1 N–H and O–H groups in total. The van der Waals surface area contributed by atoms with Crippen molar-refractivity contribution in [1.29, 1.82) is 0 Å². The number of pyridine rings is 1. The van der Waals surface area contributed by atoms with Gasteiger partial charge in [-0.2, -0.15) is 0 Å². The van der Waals surface area contributed by atoms with Gasteiger partial charge in [-0.05, 0) is 65.7 Å². The van der Waals surface area contributed by atoms with Gasteiger partial charge in [0.1, 0.15) is 0 Å². The van der Waals surface area contributed by atoms with Crippen LogP contribution < -0.4 is 5.32 Å². The molecule has 0 atom stereocenters. The Hall–Kier alpha value is -5.09. The van der Waals surface area contributed by atoms with Crippen LogP contribution in [0.25, 0.3) is 61.4 Å². The van der Waals surface area contributed by atoms with E-state index in [1.54, 1.807) is 0 Å². The molecule has 0 aliphatic carbocycles. The zero-order valence-corrected chi connectivity index (χ0v) is 20.7. The fourth-order valence-corrected chi connectivity index (χ4v) is 5.92. The van der Waals surface area contributed by atoms with Gasteiger partial charge in [-0.1, -0.05) is 66.7 Å². The molecule has 0 saturated heterocycles. The summed E-state index contributed by atoms with van der Waals surface area (Å²) in [4.78, 5) is 4.70. The first-order chi connectivity index (χ1) is 18.9. The summed E-state index contributed by atoms with van der Waals surface area (Å²) < 4.78 is 4.68. The summed E-state index contributed by atoms with van der Waals surface area (Å²) in [5.74, 6) is 0. The van der Waals surface area contributed by atoms with Crippen molar-refractivity contribution in [3.63, 3.8) is 0 Å². The van der Waals surface area contributed by atoms with Gasteiger partial charge in [-0.3, -0.25) is 4.98 Å². The van der Waals surface area contributed by atoms with E-state index in [9.17, 15) is 0 Å². The average molecular weight is 489 g/mol. The zero-order valence-electron chi connectivity index (χ0n) is 20.7. The normalized spacial score (nSPS) is 12.7. The van der Waals surface area contributed by atoms with Crippen molar-refractivity contribution < 1.29 is 0 Å². The third-order valence-electron chi connectivity index (χ3n) is 7.55. The van der Waals surface area contributed by atoms with E-state index in [1.807, 2.05) is 12.3 Å². The van der Waals surface area contributed by atoms with Crippen molar-refractivity contribution >= 4 is 44.6 Å². The topological polar surface area (TPSA) is 34.8 Å². The summed E-state index contributed by atoms with van der Waals surface area (Å²) in [6.07, 6.45) is 6.29. The number of para-hydroxylation sites is 2. The first-order valence-electron chi connectivity index (χ1n) is 13.0. The van der Waals surface area contributed by atoms with Gasteiger partial charge in [0, 0.05) is 34.9 Å². The predicted octanol–water partition coefficient (Wildman–Crippen LogP) is 8.23. The summed E-state index contributed by atoms with van der Waals surface area (Å²) in [7, 11) is 0. The van der Waals surface area contributed by atoms with Crippen LogP contribution in [0.5, 0.6) is 0 Å². The Morgan fingerprint density at radius 2 is 1.26 bits per heavy atom. The van der Waals surface area contributed by atoms with Gasteiger partial charge in [0.25, 0.3) is 0 Å². The van der Waals surface area contributed by atoms with Gasteiger partial charge in [0.2, 0.25) is 0 Å². The molecule has 4 nitrogen and oxygen atoms in total. The largest absolute Gasteiger partial charge is 0.379 e. The fraction of sp³-hybridized carbons (Fsp3) is 0.0294. The Labute approximate surface area is 220 Å². The molecule has 7 aromatic rings. The van der Waals surface area contributed by atoms with Crippen molar-refractivity contribution in [2.24, 2.45) is 0 Å². The highest BCUT2D eigenvalue weighted by molar-refractivity contribution is 6.07. The molecule has 1 aliphatic heterocycles. The minimum Gasteiger partial charge on any atom is -0.379 e. The molecule has 0 unspecified atom stereocenters. The minimum atomic E-state index is 0.853. The molecule has 4 aromatic carbocycles. The van der Waals surface area contributed by atoms with Crippen LogP contribution in [-0.2, 0) is 0 Å². The van der Waals surface area contributed by atoms with Crippen LogP contribution >= 0.6 is 0 Å². The monoisotopic (exact) mass is 488 g/mol. The van der Waals surface area contributed by atoms with Crippen LogP contribution in [0.2, 0.25) is 0 Å². The van der Waals surface area contributed by atoms with Crippen molar-refractivity contribution in [2.75, 3.05) is 11.9 Å². The summed E-state index contributed by atoms with van der Waals surface area (Å²) >= 11 is 0. The van der Waals surface area contributed by atoms with E-state index in [0.717, 1.165) is 34.5 Å². The number of rotatable bonds is 3. The second-order valence-corrected chi connectivity index (χ2v) is 9.72. The number of hydrogen-bond donors (Lipinski definition) is 1. The van der Waals surface area contributed by atoms with Crippen LogP contribution in [0.15, 0.2) is 121 Å². The highest BCUT2D eigenvalue weighted by atomic mass is 15.0. The molecule has 0 fully saturated rings. The standard InChI is InChI=1S/C34H24N4/c1-3-15-29-27(13-1)33-31(17-7-19-35-33)37(29)25-11-5-9-23(21-25)24-10-6-12-26(22-24)38-30-16-4-2-14-28(30)34-32(38)18-8-20-36-34/h1-19,21-22,36H,20H2. The Morgan fingerprint density at radius 3 is 2.05 bits per heavy atom. The van der Waals surface area contributed by atoms with Gasteiger partial charge in [0.05, 0.1) is 33.4 Å². The number of anilines is 1. The van der Waals surface area contributed by atoms with Gasteiger partial charge < -0.3 is 14.5 Å². The number of fused-ring (bicyclic) bond motifs is 6. The fourth-order valence-electron chi connectivity index (χ4n) is 5.92. The highest BCUT2D eigenvalue weighted by Gasteiger charge is 2.18. The Bertz CT molecular complexity index is 1990. The van der Waals surface area contributed by atoms with Gasteiger partial charge in [-0.15, -0.1) is 0 Å². The number of aromatic nitrogens is 3. The van der Waals surface area contributed by atoms with E-state index < -0.39 is 0 Å². The van der Waals surface area contributed by atoms with Crippen LogP contribution in [0.3, 0.4) is 0 Å². The van der Waals surface area contributed by atoms with Gasteiger partial charge >= 0.3 is 0 Å². The third-order valence-corrected chi connectivity index (χ3v) is 7.55. The molecule has 0 bridgehead atoms. The smallest absolute Gasteiger partial charge is 0.0963 e. The number of nitrogens with zero attached hydrogens (tertiary/aromatic N) is 3. The third kappa shape index (κ3) is 3.07. The molecule has 0 amide bonds. The lowest BCUT2D eigenvalue weighted by Crippen LogP contribution is -2.05. The maximum atomic E-state index is 4.70. The lowest BCUT2D eigenvalue weighted by Gasteiger charge is -2.15. The molecule has 0 radical (unpaired) electrons. The number of benzene rings is 4. The highest BCUT2D eigenvalue weighted by Crippen LogP contribution is 2.37. The molecule has 4 heteroatoms. The first kappa shape index (κ1) is 21.0. The average Bonchev–Trinajstić information content (AvgIpc) is 3.51. The molecule has 180 valence electrons. The second kappa shape index (κ2) is 8.22. The summed E-state index contributed by atoms with van der Waals surface area (Å²) in [6, 6.07) is 38.9. The quantitative estimate of drug-likeness (QED) is 0.272. The molecule has 0 spiro atoms. The van der Waals surface area contributed by atoms with Crippen molar-refractivity contribution in [3.05, 3.63) is 127 Å². The van der Waals surface area contributed by atoms with E-state index in [4.69, 9.17) is 4.98 Å². The Balaban J connectivity index is 1.30. The van der Waals surface area contributed by atoms with Crippen LogP contribution in [0.1, 0.15) is 5.69 Å². The van der Waals surface area contributed by atoms with Crippen LogP contribution in [0, 0.1) is 0 Å². The van der Waals surface area contributed by atoms with Crippen LogP contribution in [-0.4, -0.2) is 20.7 Å². The lowest BCUT2D eigenvalue weighted by atomic mass is 10.0. The van der Waals surface area contributed by atoms with E-state index in [2.05, 4.69) is 130 Å². The van der Waals surface area contributed by atoms with Crippen molar-refractivity contribution in [3.8, 4) is 22.5 Å². The molecule has 1 aliphatic rings. The summed E-state index contributed by atoms with van der Waals surface area (Å²) in [6.45, 7) is 0.853. The molecule has 4 heterocycles. The number of nitrogens with one attached hydrogen (secondary N) is 1.